The van der Waals surface area contributed by atoms with E-state index in [0.717, 1.165) is 18.1 Å². The van der Waals surface area contributed by atoms with E-state index in [1.165, 1.54) is 11.8 Å². The van der Waals surface area contributed by atoms with Crippen LogP contribution in [0.5, 0.6) is 5.75 Å². The second kappa shape index (κ2) is 10.4. The average Bonchev–Trinajstić information content (AvgIpc) is 2.76. The van der Waals surface area contributed by atoms with Gasteiger partial charge in [0, 0.05) is 18.7 Å². The highest BCUT2D eigenvalue weighted by Gasteiger charge is 2.17. The number of likely N-dealkylation sites (N-methyl/N-ethyl adjacent to an activating group) is 1. The Labute approximate surface area is 176 Å². The summed E-state index contributed by atoms with van der Waals surface area (Å²) in [6.45, 7) is 0.678. The number of benzene rings is 2. The Morgan fingerprint density at radius 1 is 1.03 bits per heavy atom. The molecule has 0 aliphatic heterocycles. The summed E-state index contributed by atoms with van der Waals surface area (Å²) in [6, 6.07) is 20.9. The number of nitrogens with zero attached hydrogens (tertiary/aromatic N) is 1. The van der Waals surface area contributed by atoms with Gasteiger partial charge < -0.3 is 19.4 Å². The molecule has 3 aromatic rings. The van der Waals surface area contributed by atoms with E-state index in [-0.39, 0.29) is 24.2 Å². The third kappa shape index (κ3) is 6.06. The molecule has 0 saturated heterocycles. The molecule has 1 N–H and O–H groups in total. The first-order chi connectivity index (χ1) is 14.5. The van der Waals surface area contributed by atoms with Crippen LogP contribution in [0.4, 0.5) is 0 Å². The fourth-order valence-electron chi connectivity index (χ4n) is 2.98. The van der Waals surface area contributed by atoms with E-state index in [4.69, 9.17) is 9.15 Å². The molecule has 6 heteroatoms. The maximum Gasteiger partial charge on any atom is 0.287 e. The summed E-state index contributed by atoms with van der Waals surface area (Å²) >= 11 is 0. The molecule has 1 atom stereocenters. The third-order valence-corrected chi connectivity index (χ3v) is 4.80. The van der Waals surface area contributed by atoms with Crippen LogP contribution in [-0.4, -0.2) is 37.5 Å². The summed E-state index contributed by atoms with van der Waals surface area (Å²) in [5.41, 5.74) is 1.74. The van der Waals surface area contributed by atoms with Crippen molar-refractivity contribution in [3.63, 3.8) is 0 Å². The quantitative estimate of drug-likeness (QED) is 0.591. The van der Waals surface area contributed by atoms with Gasteiger partial charge in [-0.3, -0.25) is 9.59 Å². The van der Waals surface area contributed by atoms with E-state index in [1.807, 2.05) is 62.6 Å². The van der Waals surface area contributed by atoms with Crippen molar-refractivity contribution in [2.24, 2.45) is 0 Å². The highest BCUT2D eigenvalue weighted by Crippen LogP contribution is 2.10. The minimum absolute atomic E-state index is 0.0377. The first-order valence-corrected chi connectivity index (χ1v) is 9.81. The molecule has 30 heavy (non-hydrogen) atoms. The zero-order valence-electron chi connectivity index (χ0n) is 17.2. The van der Waals surface area contributed by atoms with Gasteiger partial charge in [0.1, 0.15) is 12.9 Å². The molecule has 2 aromatic carbocycles. The van der Waals surface area contributed by atoms with Gasteiger partial charge in [0.15, 0.2) is 5.76 Å². The Bertz CT molecular complexity index is 1000. The maximum atomic E-state index is 12.5. The monoisotopic (exact) mass is 406 g/mol. The van der Waals surface area contributed by atoms with Crippen LogP contribution in [-0.2, 0) is 13.0 Å². The molecule has 1 heterocycles. The molecule has 0 saturated carbocycles. The largest absolute Gasteiger partial charge is 0.482 e. The molecule has 0 aliphatic rings. The Kier molecular flexibility index (Phi) is 7.40. The van der Waals surface area contributed by atoms with Crippen LogP contribution < -0.4 is 15.5 Å². The fourth-order valence-corrected chi connectivity index (χ4v) is 2.98. The second-order valence-corrected chi connectivity index (χ2v) is 7.26. The van der Waals surface area contributed by atoms with Gasteiger partial charge in [-0.05, 0) is 31.6 Å². The van der Waals surface area contributed by atoms with E-state index in [0.29, 0.717) is 6.54 Å². The summed E-state index contributed by atoms with van der Waals surface area (Å²) in [5.74, 6) is -0.392. The lowest BCUT2D eigenvalue weighted by molar-refractivity contribution is 0.0910. The van der Waals surface area contributed by atoms with Crippen LogP contribution in [0.15, 0.2) is 82.2 Å². The highest BCUT2D eigenvalue weighted by molar-refractivity contribution is 5.91. The molecular weight excluding hydrogens is 380 g/mol. The van der Waals surface area contributed by atoms with Crippen LogP contribution >= 0.6 is 0 Å². The third-order valence-electron chi connectivity index (χ3n) is 4.80. The predicted octanol–water partition coefficient (Wildman–Crippen LogP) is 3.12. The van der Waals surface area contributed by atoms with Crippen molar-refractivity contribution in [1.82, 2.24) is 10.2 Å². The number of rotatable bonds is 9. The van der Waals surface area contributed by atoms with Crippen LogP contribution in [0.1, 0.15) is 21.7 Å². The van der Waals surface area contributed by atoms with E-state index in [1.54, 1.807) is 0 Å². The number of carbonyl (C=O) groups excluding carboxylic acids is 1. The van der Waals surface area contributed by atoms with Gasteiger partial charge in [0.2, 0.25) is 11.2 Å². The number of nitrogens with one attached hydrogen (secondary N) is 1. The van der Waals surface area contributed by atoms with E-state index >= 15 is 0 Å². The van der Waals surface area contributed by atoms with E-state index in [9.17, 15) is 9.59 Å². The minimum atomic E-state index is -0.429. The fraction of sp³-hybridized carbons (Fsp3) is 0.250. The van der Waals surface area contributed by atoms with Crippen molar-refractivity contribution in [2.45, 2.75) is 19.1 Å². The van der Waals surface area contributed by atoms with Gasteiger partial charge in [0.25, 0.3) is 5.91 Å². The molecule has 0 bridgehead atoms. The van der Waals surface area contributed by atoms with Gasteiger partial charge in [-0.25, -0.2) is 0 Å². The minimum Gasteiger partial charge on any atom is -0.482 e. The molecule has 1 aromatic heterocycles. The van der Waals surface area contributed by atoms with Gasteiger partial charge in [-0.15, -0.1) is 0 Å². The molecular formula is C24H26N2O4. The van der Waals surface area contributed by atoms with Gasteiger partial charge >= 0.3 is 0 Å². The Morgan fingerprint density at radius 3 is 2.27 bits per heavy atom. The summed E-state index contributed by atoms with van der Waals surface area (Å²) in [6.07, 6.45) is 1.98. The highest BCUT2D eigenvalue weighted by atomic mass is 16.5. The topological polar surface area (TPSA) is 71.8 Å². The number of carbonyl (C=O) groups is 1. The molecule has 0 unspecified atom stereocenters. The molecule has 156 valence electrons. The zero-order valence-corrected chi connectivity index (χ0v) is 17.2. The molecule has 6 nitrogen and oxygen atoms in total. The van der Waals surface area contributed by atoms with Crippen LogP contribution in [0.3, 0.4) is 0 Å². The lowest BCUT2D eigenvalue weighted by Crippen LogP contribution is -2.41. The molecule has 0 spiro atoms. The van der Waals surface area contributed by atoms with Crippen LogP contribution in [0.25, 0.3) is 0 Å². The Hall–Kier alpha value is -3.38. The van der Waals surface area contributed by atoms with Gasteiger partial charge in [-0.2, -0.15) is 0 Å². The van der Waals surface area contributed by atoms with Crippen molar-refractivity contribution >= 4 is 5.91 Å². The van der Waals surface area contributed by atoms with Crippen molar-refractivity contribution < 1.29 is 13.9 Å². The van der Waals surface area contributed by atoms with Crippen molar-refractivity contribution in [3.8, 4) is 5.75 Å². The summed E-state index contributed by atoms with van der Waals surface area (Å²) in [7, 11) is 3.94. The SMILES string of the molecule is CN(C)[C@@H](CNC(=O)c1cc(=O)c(OCc2ccccc2)co1)Cc1ccccc1. The first-order valence-electron chi connectivity index (χ1n) is 9.81. The smallest absolute Gasteiger partial charge is 0.287 e. The number of hydrogen-bond donors (Lipinski definition) is 1. The van der Waals surface area contributed by atoms with E-state index in [2.05, 4.69) is 22.3 Å². The number of hydrogen-bond acceptors (Lipinski definition) is 5. The van der Waals surface area contributed by atoms with Crippen molar-refractivity contribution in [2.75, 3.05) is 20.6 Å². The lowest BCUT2D eigenvalue weighted by Gasteiger charge is -2.24. The zero-order chi connectivity index (χ0) is 21.3. The summed E-state index contributed by atoms with van der Waals surface area (Å²) < 4.78 is 10.9. The number of amides is 1. The normalized spacial score (nSPS) is 11.8. The van der Waals surface area contributed by atoms with Crippen molar-refractivity contribution in [1.29, 1.82) is 0 Å². The lowest BCUT2D eigenvalue weighted by atomic mass is 10.1. The van der Waals surface area contributed by atoms with Crippen LogP contribution in [0, 0.1) is 0 Å². The second-order valence-electron chi connectivity index (χ2n) is 7.26. The number of ether oxygens (including phenoxy) is 1. The average molecular weight is 406 g/mol. The molecule has 0 fully saturated rings. The predicted molar refractivity (Wildman–Crippen MR) is 116 cm³/mol. The van der Waals surface area contributed by atoms with Crippen LogP contribution in [0.2, 0.25) is 0 Å². The molecule has 1 amide bonds. The standard InChI is InChI=1S/C24H26N2O4/c1-26(2)20(13-18-9-5-3-6-10-18)15-25-24(28)22-14-21(27)23(17-30-22)29-16-19-11-7-4-8-12-19/h3-12,14,17,20H,13,15-16H2,1-2H3,(H,25,28)/t20-/m1/s1. The summed E-state index contributed by atoms with van der Waals surface area (Å²) in [5, 5.41) is 2.85. The van der Waals surface area contributed by atoms with Crippen molar-refractivity contribution in [3.05, 3.63) is 100 Å². The molecule has 0 aliphatic carbocycles. The molecule has 0 radical (unpaired) electrons. The van der Waals surface area contributed by atoms with Gasteiger partial charge in [0.05, 0.1) is 0 Å². The Balaban J connectivity index is 1.58. The Morgan fingerprint density at radius 2 is 1.67 bits per heavy atom. The van der Waals surface area contributed by atoms with E-state index < -0.39 is 11.3 Å². The maximum absolute atomic E-state index is 12.5. The summed E-state index contributed by atoms with van der Waals surface area (Å²) in [4.78, 5) is 26.8. The first kappa shape index (κ1) is 21.3. The van der Waals surface area contributed by atoms with Gasteiger partial charge in [-0.1, -0.05) is 60.7 Å². The molecule has 3 rings (SSSR count).